The van der Waals surface area contributed by atoms with Gasteiger partial charge in [0.1, 0.15) is 5.75 Å². The van der Waals surface area contributed by atoms with Gasteiger partial charge in [-0.05, 0) is 49.2 Å². The van der Waals surface area contributed by atoms with E-state index in [1.165, 1.54) is 14.0 Å². The molecule has 0 aromatic heterocycles. The third-order valence-corrected chi connectivity index (χ3v) is 4.14. The monoisotopic (exact) mass is 385 g/mol. The van der Waals surface area contributed by atoms with Crippen LogP contribution in [0.3, 0.4) is 0 Å². The summed E-state index contributed by atoms with van der Waals surface area (Å²) in [5.41, 5.74) is 1.29. The van der Waals surface area contributed by atoms with Crippen LogP contribution in [-0.4, -0.2) is 25.1 Å². The molecular formula is C21H27N3O4. The third kappa shape index (κ3) is 6.19. The van der Waals surface area contributed by atoms with Gasteiger partial charge < -0.3 is 25.4 Å². The molecule has 0 heterocycles. The normalized spacial score (nSPS) is 10.3. The number of rotatable bonds is 8. The van der Waals surface area contributed by atoms with Crippen LogP contribution in [0.5, 0.6) is 17.2 Å². The summed E-state index contributed by atoms with van der Waals surface area (Å²) in [4.78, 5) is 23.2. The molecule has 2 aromatic rings. The number of anilines is 2. The molecule has 0 aliphatic rings. The highest BCUT2D eigenvalue weighted by molar-refractivity contribution is 5.90. The van der Waals surface area contributed by atoms with Gasteiger partial charge in [0.2, 0.25) is 5.91 Å². The van der Waals surface area contributed by atoms with E-state index >= 15 is 0 Å². The average molecular weight is 385 g/mol. The van der Waals surface area contributed by atoms with Crippen molar-refractivity contribution in [3.05, 3.63) is 42.5 Å². The predicted molar refractivity (Wildman–Crippen MR) is 110 cm³/mol. The maximum absolute atomic E-state index is 12.1. The van der Waals surface area contributed by atoms with Gasteiger partial charge in [0.05, 0.1) is 7.11 Å². The second-order valence-electron chi connectivity index (χ2n) is 6.29. The molecule has 0 atom stereocenters. The van der Waals surface area contributed by atoms with E-state index < -0.39 is 0 Å². The van der Waals surface area contributed by atoms with Gasteiger partial charge in [0.25, 0.3) is 0 Å². The zero-order chi connectivity index (χ0) is 20.5. The largest absolute Gasteiger partial charge is 0.493 e. The fourth-order valence-corrected chi connectivity index (χ4v) is 2.61. The quantitative estimate of drug-likeness (QED) is 0.611. The molecule has 3 amide bonds. The minimum Gasteiger partial charge on any atom is -0.493 e. The van der Waals surface area contributed by atoms with Crippen molar-refractivity contribution in [1.82, 2.24) is 5.32 Å². The Labute approximate surface area is 165 Å². The van der Waals surface area contributed by atoms with Gasteiger partial charge in [-0.25, -0.2) is 4.79 Å². The topological polar surface area (TPSA) is 88.7 Å². The summed E-state index contributed by atoms with van der Waals surface area (Å²) >= 11 is 0. The smallest absolute Gasteiger partial charge is 0.319 e. The number of nitrogens with one attached hydrogen (secondary N) is 3. The molecule has 0 saturated heterocycles. The Morgan fingerprint density at radius 2 is 1.57 bits per heavy atom. The van der Waals surface area contributed by atoms with Crippen molar-refractivity contribution < 1.29 is 19.1 Å². The Morgan fingerprint density at radius 3 is 2.14 bits per heavy atom. The lowest BCUT2D eigenvalue weighted by Crippen LogP contribution is -2.37. The van der Waals surface area contributed by atoms with Crippen LogP contribution in [0.25, 0.3) is 0 Å². The van der Waals surface area contributed by atoms with E-state index in [-0.39, 0.29) is 18.0 Å². The first-order chi connectivity index (χ1) is 13.4. The molecular weight excluding hydrogens is 358 g/mol. The summed E-state index contributed by atoms with van der Waals surface area (Å²) in [6.45, 7) is 5.52. The van der Waals surface area contributed by atoms with Gasteiger partial charge in [-0.2, -0.15) is 0 Å². The molecule has 0 fully saturated rings. The molecule has 0 aliphatic heterocycles. The molecule has 7 nitrogen and oxygen atoms in total. The highest BCUT2D eigenvalue weighted by Gasteiger charge is 2.11. The number of methoxy groups -OCH3 is 1. The Hall–Kier alpha value is -3.22. The molecule has 2 rings (SSSR count). The van der Waals surface area contributed by atoms with Gasteiger partial charge >= 0.3 is 6.03 Å². The second-order valence-corrected chi connectivity index (χ2v) is 6.29. The van der Waals surface area contributed by atoms with Crippen molar-refractivity contribution in [2.45, 2.75) is 39.7 Å². The van der Waals surface area contributed by atoms with Crippen LogP contribution < -0.4 is 25.4 Å². The number of ether oxygens (including phenoxy) is 2. The molecule has 150 valence electrons. The van der Waals surface area contributed by atoms with Crippen LogP contribution in [0.2, 0.25) is 0 Å². The molecule has 7 heteroatoms. The summed E-state index contributed by atoms with van der Waals surface area (Å²) in [5, 5.41) is 8.43. The molecule has 0 unspecified atom stereocenters. The maximum Gasteiger partial charge on any atom is 0.319 e. The molecule has 0 radical (unpaired) electrons. The molecule has 0 aliphatic carbocycles. The van der Waals surface area contributed by atoms with E-state index in [0.717, 1.165) is 12.8 Å². The number of carbonyl (C=O) groups is 2. The Kier molecular flexibility index (Phi) is 7.68. The average Bonchev–Trinajstić information content (AvgIpc) is 2.68. The van der Waals surface area contributed by atoms with Crippen molar-refractivity contribution in [3.63, 3.8) is 0 Å². The first kappa shape index (κ1) is 21.1. The fraction of sp³-hybridized carbons (Fsp3) is 0.333. The lowest BCUT2D eigenvalue weighted by molar-refractivity contribution is -0.114. The lowest BCUT2D eigenvalue weighted by Gasteiger charge is -2.16. The SMILES string of the molecule is CCC(CC)NC(=O)Nc1ccc(Oc2ccc(NC(C)=O)cc2)c(OC)c1. The first-order valence-corrected chi connectivity index (χ1v) is 9.26. The van der Waals surface area contributed by atoms with Gasteiger partial charge in [0.15, 0.2) is 11.5 Å². The van der Waals surface area contributed by atoms with Crippen LogP contribution in [0.4, 0.5) is 16.2 Å². The summed E-state index contributed by atoms with van der Waals surface area (Å²) in [7, 11) is 1.54. The van der Waals surface area contributed by atoms with Crippen LogP contribution in [-0.2, 0) is 4.79 Å². The van der Waals surface area contributed by atoms with Crippen LogP contribution in [0, 0.1) is 0 Å². The zero-order valence-corrected chi connectivity index (χ0v) is 16.7. The number of amides is 3. The fourth-order valence-electron chi connectivity index (χ4n) is 2.61. The molecule has 0 saturated carbocycles. The van der Waals surface area contributed by atoms with E-state index in [0.29, 0.717) is 28.6 Å². The van der Waals surface area contributed by atoms with E-state index in [9.17, 15) is 9.59 Å². The zero-order valence-electron chi connectivity index (χ0n) is 16.7. The van der Waals surface area contributed by atoms with Crippen molar-refractivity contribution in [2.24, 2.45) is 0 Å². The first-order valence-electron chi connectivity index (χ1n) is 9.26. The summed E-state index contributed by atoms with van der Waals surface area (Å²) in [6, 6.07) is 12.1. The number of benzene rings is 2. The van der Waals surface area contributed by atoms with Gasteiger partial charge in [-0.15, -0.1) is 0 Å². The van der Waals surface area contributed by atoms with E-state index in [1.54, 1.807) is 42.5 Å². The van der Waals surface area contributed by atoms with Crippen molar-refractivity contribution >= 4 is 23.3 Å². The number of carbonyl (C=O) groups excluding carboxylic acids is 2. The Morgan fingerprint density at radius 1 is 0.929 bits per heavy atom. The highest BCUT2D eigenvalue weighted by Crippen LogP contribution is 2.34. The molecule has 0 bridgehead atoms. The van der Waals surface area contributed by atoms with Gasteiger partial charge in [-0.3, -0.25) is 4.79 Å². The Balaban J connectivity index is 2.06. The minimum absolute atomic E-state index is 0.133. The van der Waals surface area contributed by atoms with E-state index in [4.69, 9.17) is 9.47 Å². The standard InChI is InChI=1S/C21H27N3O4/c1-5-15(6-2)23-21(26)24-17-9-12-19(20(13-17)27-4)28-18-10-7-16(8-11-18)22-14(3)25/h7-13,15H,5-6H2,1-4H3,(H,22,25)(H2,23,24,26). The third-order valence-electron chi connectivity index (χ3n) is 4.14. The van der Waals surface area contributed by atoms with Crippen molar-refractivity contribution in [3.8, 4) is 17.2 Å². The number of urea groups is 1. The summed E-state index contributed by atoms with van der Waals surface area (Å²) in [5.74, 6) is 1.47. The molecule has 0 spiro atoms. The van der Waals surface area contributed by atoms with E-state index in [2.05, 4.69) is 16.0 Å². The van der Waals surface area contributed by atoms with Gasteiger partial charge in [0, 0.05) is 30.4 Å². The van der Waals surface area contributed by atoms with Crippen molar-refractivity contribution in [1.29, 1.82) is 0 Å². The number of hydrogen-bond acceptors (Lipinski definition) is 4. The van der Waals surface area contributed by atoms with E-state index in [1.807, 2.05) is 13.8 Å². The summed E-state index contributed by atoms with van der Waals surface area (Å²) in [6.07, 6.45) is 1.75. The van der Waals surface area contributed by atoms with Gasteiger partial charge in [-0.1, -0.05) is 13.8 Å². The predicted octanol–water partition coefficient (Wildman–Crippen LogP) is 4.76. The highest BCUT2D eigenvalue weighted by atomic mass is 16.5. The maximum atomic E-state index is 12.1. The molecule has 3 N–H and O–H groups in total. The number of hydrogen-bond donors (Lipinski definition) is 3. The Bertz CT molecular complexity index is 802. The minimum atomic E-state index is -0.252. The second kappa shape index (κ2) is 10.2. The summed E-state index contributed by atoms with van der Waals surface area (Å²) < 4.78 is 11.2. The molecule has 2 aromatic carbocycles. The van der Waals surface area contributed by atoms with Crippen LogP contribution in [0.1, 0.15) is 33.6 Å². The lowest BCUT2D eigenvalue weighted by atomic mass is 10.2. The van der Waals surface area contributed by atoms with Crippen molar-refractivity contribution in [2.75, 3.05) is 17.7 Å². The molecule has 28 heavy (non-hydrogen) atoms. The van der Waals surface area contributed by atoms with Crippen LogP contribution in [0.15, 0.2) is 42.5 Å². The van der Waals surface area contributed by atoms with Crippen LogP contribution >= 0.6 is 0 Å².